The topological polar surface area (TPSA) is 49.5 Å². The number of hydrogen-bond acceptors (Lipinski definition) is 3. The Labute approximate surface area is 117 Å². The molecule has 0 bridgehead atoms. The van der Waals surface area contributed by atoms with E-state index in [1.165, 1.54) is 0 Å². The molecule has 1 aliphatic heterocycles. The minimum absolute atomic E-state index is 0.258. The standard InChI is InChI=1S/C14H21BrN2O/c1-2-13(17-7-3-4-11(16)9-17)12-8-10(15)5-6-14(12)18/h5-6,8,11,13,18H,2-4,7,9,16H2,1H3. The van der Waals surface area contributed by atoms with E-state index in [9.17, 15) is 5.11 Å². The van der Waals surface area contributed by atoms with Gasteiger partial charge in [-0.15, -0.1) is 0 Å². The molecule has 1 heterocycles. The third kappa shape index (κ3) is 3.05. The second kappa shape index (κ2) is 6.04. The van der Waals surface area contributed by atoms with Gasteiger partial charge in [-0.1, -0.05) is 22.9 Å². The van der Waals surface area contributed by atoms with Crippen LogP contribution in [-0.4, -0.2) is 29.1 Å². The Hall–Kier alpha value is -0.580. The van der Waals surface area contributed by atoms with E-state index >= 15 is 0 Å². The maximum atomic E-state index is 10.1. The summed E-state index contributed by atoms with van der Waals surface area (Å²) in [6.07, 6.45) is 3.24. The molecule has 1 fully saturated rings. The predicted octanol–water partition coefficient (Wildman–Crippen LogP) is 3.03. The monoisotopic (exact) mass is 312 g/mol. The van der Waals surface area contributed by atoms with Gasteiger partial charge < -0.3 is 10.8 Å². The molecule has 1 saturated heterocycles. The van der Waals surface area contributed by atoms with Crippen molar-refractivity contribution in [1.82, 2.24) is 4.90 Å². The average molecular weight is 313 g/mol. The van der Waals surface area contributed by atoms with Gasteiger partial charge in [0, 0.05) is 28.7 Å². The van der Waals surface area contributed by atoms with Crippen LogP contribution in [0.5, 0.6) is 5.75 Å². The number of phenols is 1. The van der Waals surface area contributed by atoms with Crippen molar-refractivity contribution in [1.29, 1.82) is 0 Å². The lowest BCUT2D eigenvalue weighted by Crippen LogP contribution is -2.44. The summed E-state index contributed by atoms with van der Waals surface area (Å²) in [7, 11) is 0. The number of nitrogens with zero attached hydrogens (tertiary/aromatic N) is 1. The zero-order chi connectivity index (χ0) is 13.1. The van der Waals surface area contributed by atoms with Crippen LogP contribution in [0.2, 0.25) is 0 Å². The van der Waals surface area contributed by atoms with Gasteiger partial charge in [0.1, 0.15) is 5.75 Å². The van der Waals surface area contributed by atoms with Crippen molar-refractivity contribution in [3.05, 3.63) is 28.2 Å². The minimum Gasteiger partial charge on any atom is -0.508 e. The highest BCUT2D eigenvalue weighted by Crippen LogP contribution is 2.34. The van der Waals surface area contributed by atoms with E-state index in [1.54, 1.807) is 6.07 Å². The molecule has 1 aliphatic rings. The van der Waals surface area contributed by atoms with Gasteiger partial charge >= 0.3 is 0 Å². The molecule has 0 saturated carbocycles. The Balaban J connectivity index is 2.24. The fourth-order valence-corrected chi connectivity index (χ4v) is 3.17. The third-order valence-electron chi connectivity index (χ3n) is 3.67. The van der Waals surface area contributed by atoms with Gasteiger partial charge in [0.25, 0.3) is 0 Å². The van der Waals surface area contributed by atoms with Crippen molar-refractivity contribution >= 4 is 15.9 Å². The molecule has 3 nitrogen and oxygen atoms in total. The first-order valence-electron chi connectivity index (χ1n) is 6.60. The van der Waals surface area contributed by atoms with Gasteiger partial charge in [-0.3, -0.25) is 4.90 Å². The number of phenolic OH excluding ortho intramolecular Hbond substituents is 1. The first-order valence-corrected chi connectivity index (χ1v) is 7.39. The Morgan fingerprint density at radius 2 is 2.33 bits per heavy atom. The van der Waals surface area contributed by atoms with Crippen LogP contribution in [0.1, 0.15) is 37.8 Å². The summed E-state index contributed by atoms with van der Waals surface area (Å²) in [4.78, 5) is 2.40. The number of aromatic hydroxyl groups is 1. The molecule has 4 heteroatoms. The van der Waals surface area contributed by atoms with Crippen molar-refractivity contribution in [2.24, 2.45) is 5.73 Å². The fourth-order valence-electron chi connectivity index (χ4n) is 2.79. The van der Waals surface area contributed by atoms with Gasteiger partial charge in [-0.05, 0) is 44.0 Å². The van der Waals surface area contributed by atoms with Gasteiger partial charge in [0.15, 0.2) is 0 Å². The number of rotatable bonds is 3. The molecule has 0 spiro atoms. The van der Waals surface area contributed by atoms with Crippen molar-refractivity contribution in [2.45, 2.75) is 38.3 Å². The molecule has 0 aromatic heterocycles. The Morgan fingerprint density at radius 3 is 3.00 bits per heavy atom. The molecular formula is C14H21BrN2O. The Kier molecular flexibility index (Phi) is 4.65. The van der Waals surface area contributed by atoms with Gasteiger partial charge in [-0.2, -0.15) is 0 Å². The maximum Gasteiger partial charge on any atom is 0.120 e. The van der Waals surface area contributed by atoms with Crippen LogP contribution in [0.3, 0.4) is 0 Å². The van der Waals surface area contributed by atoms with Gasteiger partial charge in [0.05, 0.1) is 0 Å². The highest BCUT2D eigenvalue weighted by Gasteiger charge is 2.25. The second-order valence-electron chi connectivity index (χ2n) is 5.02. The molecule has 3 N–H and O–H groups in total. The SMILES string of the molecule is CCC(c1cc(Br)ccc1O)N1CCCC(N)C1. The van der Waals surface area contributed by atoms with Gasteiger partial charge in [0.2, 0.25) is 0 Å². The van der Waals surface area contributed by atoms with Crippen molar-refractivity contribution in [3.63, 3.8) is 0 Å². The molecule has 2 rings (SSSR count). The lowest BCUT2D eigenvalue weighted by atomic mass is 9.97. The lowest BCUT2D eigenvalue weighted by molar-refractivity contribution is 0.143. The molecule has 0 radical (unpaired) electrons. The van der Waals surface area contributed by atoms with E-state index in [2.05, 4.69) is 27.8 Å². The molecule has 1 aromatic rings. The number of piperidine rings is 1. The minimum atomic E-state index is 0.258. The summed E-state index contributed by atoms with van der Waals surface area (Å²) >= 11 is 3.48. The smallest absolute Gasteiger partial charge is 0.120 e. The first kappa shape index (κ1) is 13.8. The third-order valence-corrected chi connectivity index (χ3v) is 4.16. The van der Waals surface area contributed by atoms with Crippen molar-refractivity contribution in [3.8, 4) is 5.75 Å². The van der Waals surface area contributed by atoms with Crippen molar-refractivity contribution < 1.29 is 5.11 Å². The first-order chi connectivity index (χ1) is 8.61. The van der Waals surface area contributed by atoms with E-state index < -0.39 is 0 Å². The summed E-state index contributed by atoms with van der Waals surface area (Å²) in [6, 6.07) is 6.17. The molecule has 1 aromatic carbocycles. The zero-order valence-corrected chi connectivity index (χ0v) is 12.4. The second-order valence-corrected chi connectivity index (χ2v) is 5.94. The highest BCUT2D eigenvalue weighted by molar-refractivity contribution is 9.10. The fraction of sp³-hybridized carbons (Fsp3) is 0.571. The highest BCUT2D eigenvalue weighted by atomic mass is 79.9. The van der Waals surface area contributed by atoms with E-state index in [1.807, 2.05) is 12.1 Å². The summed E-state index contributed by atoms with van der Waals surface area (Å²) in [6.45, 7) is 4.15. The number of likely N-dealkylation sites (tertiary alicyclic amines) is 1. The van der Waals surface area contributed by atoms with Crippen LogP contribution in [0.4, 0.5) is 0 Å². The van der Waals surface area contributed by atoms with E-state index in [0.717, 1.165) is 42.4 Å². The Morgan fingerprint density at radius 1 is 1.56 bits per heavy atom. The molecule has 2 atom stereocenters. The molecule has 18 heavy (non-hydrogen) atoms. The molecular weight excluding hydrogens is 292 g/mol. The number of benzene rings is 1. The normalized spacial score (nSPS) is 22.9. The quantitative estimate of drug-likeness (QED) is 0.902. The van der Waals surface area contributed by atoms with Gasteiger partial charge in [-0.25, -0.2) is 0 Å². The van der Waals surface area contributed by atoms with E-state index in [0.29, 0.717) is 5.75 Å². The Bertz CT molecular complexity index is 411. The summed E-state index contributed by atoms with van der Waals surface area (Å²) < 4.78 is 1.01. The largest absolute Gasteiger partial charge is 0.508 e. The zero-order valence-electron chi connectivity index (χ0n) is 10.8. The van der Waals surface area contributed by atoms with Crippen LogP contribution in [0.15, 0.2) is 22.7 Å². The average Bonchev–Trinajstić information content (AvgIpc) is 2.35. The predicted molar refractivity (Wildman–Crippen MR) is 77.6 cm³/mol. The van der Waals surface area contributed by atoms with Crippen LogP contribution < -0.4 is 5.73 Å². The molecule has 0 amide bonds. The van der Waals surface area contributed by atoms with E-state index in [4.69, 9.17) is 5.73 Å². The van der Waals surface area contributed by atoms with Crippen LogP contribution in [-0.2, 0) is 0 Å². The number of nitrogens with two attached hydrogens (primary N) is 1. The van der Waals surface area contributed by atoms with Crippen LogP contribution in [0.25, 0.3) is 0 Å². The molecule has 0 aliphatic carbocycles. The van der Waals surface area contributed by atoms with Crippen molar-refractivity contribution in [2.75, 3.05) is 13.1 Å². The number of hydrogen-bond donors (Lipinski definition) is 2. The summed E-state index contributed by atoms with van der Waals surface area (Å²) in [5.41, 5.74) is 7.05. The van der Waals surface area contributed by atoms with Crippen LogP contribution in [0, 0.1) is 0 Å². The number of halogens is 1. The summed E-state index contributed by atoms with van der Waals surface area (Å²) in [5.74, 6) is 0.379. The van der Waals surface area contributed by atoms with E-state index in [-0.39, 0.29) is 12.1 Å². The molecule has 100 valence electrons. The maximum absolute atomic E-state index is 10.1. The summed E-state index contributed by atoms with van der Waals surface area (Å²) in [5, 5.41) is 10.1. The molecule has 2 unspecified atom stereocenters. The lowest BCUT2D eigenvalue weighted by Gasteiger charge is -2.37. The van der Waals surface area contributed by atoms with Crippen LogP contribution >= 0.6 is 15.9 Å².